The molecule has 0 amide bonds. The maximum Gasteiger partial charge on any atom is 0.138 e. The van der Waals surface area contributed by atoms with Crippen molar-refractivity contribution < 1.29 is 4.74 Å². The molecule has 0 aliphatic rings. The van der Waals surface area contributed by atoms with Gasteiger partial charge < -0.3 is 10.1 Å². The number of para-hydroxylation sites is 1. The monoisotopic (exact) mass is 272 g/mol. The molecule has 3 heteroatoms. The Bertz CT molecular complexity index is 546. The van der Waals surface area contributed by atoms with E-state index in [0.717, 1.165) is 29.7 Å². The molecule has 108 valence electrons. The predicted molar refractivity (Wildman–Crippen MR) is 84.2 cm³/mol. The zero-order valence-corrected chi connectivity index (χ0v) is 12.6. The van der Waals surface area contributed by atoms with Crippen LogP contribution in [0.5, 0.6) is 5.75 Å². The fourth-order valence-corrected chi connectivity index (χ4v) is 1.96. The summed E-state index contributed by atoms with van der Waals surface area (Å²) in [5.41, 5.74) is 1.39. The lowest BCUT2D eigenvalue weighted by molar-refractivity contribution is 0.303. The summed E-state index contributed by atoms with van der Waals surface area (Å²) >= 11 is 0. The molecule has 1 heterocycles. The van der Waals surface area contributed by atoms with Crippen LogP contribution in [0.25, 0.3) is 10.9 Å². The maximum atomic E-state index is 5.72. The first-order valence-electron chi connectivity index (χ1n) is 7.23. The number of aromatic nitrogens is 1. The van der Waals surface area contributed by atoms with Crippen molar-refractivity contribution in [2.24, 2.45) is 5.41 Å². The van der Waals surface area contributed by atoms with E-state index in [2.05, 4.69) is 37.1 Å². The van der Waals surface area contributed by atoms with Gasteiger partial charge in [0.2, 0.25) is 0 Å². The number of hydrogen-bond donors (Lipinski definition) is 1. The van der Waals surface area contributed by atoms with Crippen molar-refractivity contribution in [2.75, 3.05) is 19.7 Å². The van der Waals surface area contributed by atoms with Gasteiger partial charge in [0.25, 0.3) is 0 Å². The number of ether oxygens (including phenoxy) is 1. The Hall–Kier alpha value is -1.61. The highest BCUT2D eigenvalue weighted by Crippen LogP contribution is 2.18. The van der Waals surface area contributed by atoms with Crippen LogP contribution in [0.3, 0.4) is 0 Å². The number of pyridine rings is 1. The van der Waals surface area contributed by atoms with Crippen molar-refractivity contribution in [3.63, 3.8) is 0 Å². The largest absolute Gasteiger partial charge is 0.491 e. The third-order valence-electron chi connectivity index (χ3n) is 3.16. The van der Waals surface area contributed by atoms with Gasteiger partial charge in [0.15, 0.2) is 0 Å². The van der Waals surface area contributed by atoms with Crippen molar-refractivity contribution >= 4 is 10.9 Å². The topological polar surface area (TPSA) is 34.1 Å². The SMILES string of the molecule is CC(C)(C)CCNCCOc1cnc2ccccc2c1. The molecule has 0 aliphatic carbocycles. The van der Waals surface area contributed by atoms with Gasteiger partial charge in [-0.25, -0.2) is 0 Å². The van der Waals surface area contributed by atoms with Crippen LogP contribution >= 0.6 is 0 Å². The fraction of sp³-hybridized carbons (Fsp3) is 0.471. The van der Waals surface area contributed by atoms with Gasteiger partial charge in [0.05, 0.1) is 11.7 Å². The lowest BCUT2D eigenvalue weighted by atomic mass is 9.92. The van der Waals surface area contributed by atoms with Gasteiger partial charge in [-0.2, -0.15) is 0 Å². The zero-order chi connectivity index (χ0) is 14.4. The summed E-state index contributed by atoms with van der Waals surface area (Å²) in [7, 11) is 0. The van der Waals surface area contributed by atoms with Crippen LogP contribution in [-0.2, 0) is 0 Å². The normalized spacial score (nSPS) is 11.8. The van der Waals surface area contributed by atoms with Gasteiger partial charge >= 0.3 is 0 Å². The molecular formula is C17H24N2O. The second-order valence-electron chi connectivity index (χ2n) is 6.27. The Morgan fingerprint density at radius 2 is 1.95 bits per heavy atom. The van der Waals surface area contributed by atoms with Crippen molar-refractivity contribution in [1.29, 1.82) is 0 Å². The van der Waals surface area contributed by atoms with Gasteiger partial charge in [-0.05, 0) is 30.5 Å². The van der Waals surface area contributed by atoms with Crippen LogP contribution < -0.4 is 10.1 Å². The lowest BCUT2D eigenvalue weighted by Crippen LogP contribution is -2.25. The quantitative estimate of drug-likeness (QED) is 0.815. The first-order chi connectivity index (χ1) is 9.54. The molecule has 0 bridgehead atoms. The molecule has 1 aromatic heterocycles. The Morgan fingerprint density at radius 1 is 1.15 bits per heavy atom. The number of fused-ring (bicyclic) bond motifs is 1. The second kappa shape index (κ2) is 6.71. The minimum absolute atomic E-state index is 0.385. The zero-order valence-electron chi connectivity index (χ0n) is 12.6. The van der Waals surface area contributed by atoms with Gasteiger partial charge in [-0.3, -0.25) is 4.98 Å². The highest BCUT2D eigenvalue weighted by molar-refractivity contribution is 5.79. The molecule has 0 unspecified atom stereocenters. The smallest absolute Gasteiger partial charge is 0.138 e. The summed E-state index contributed by atoms with van der Waals surface area (Å²) in [6.45, 7) is 9.33. The number of nitrogens with zero attached hydrogens (tertiary/aromatic N) is 1. The van der Waals surface area contributed by atoms with Gasteiger partial charge in [-0.15, -0.1) is 0 Å². The number of nitrogens with one attached hydrogen (secondary N) is 1. The molecule has 3 nitrogen and oxygen atoms in total. The molecular weight excluding hydrogens is 248 g/mol. The Balaban J connectivity index is 1.73. The van der Waals surface area contributed by atoms with E-state index in [1.54, 1.807) is 6.20 Å². The summed E-state index contributed by atoms with van der Waals surface area (Å²) in [6, 6.07) is 10.1. The van der Waals surface area contributed by atoms with E-state index in [4.69, 9.17) is 4.74 Å². The molecule has 0 radical (unpaired) electrons. The molecule has 0 saturated heterocycles. The molecule has 0 fully saturated rings. The molecule has 2 rings (SSSR count). The molecule has 0 atom stereocenters. The van der Waals surface area contributed by atoms with Crippen LogP contribution in [0.4, 0.5) is 0 Å². The summed E-state index contributed by atoms with van der Waals surface area (Å²) < 4.78 is 5.72. The highest BCUT2D eigenvalue weighted by atomic mass is 16.5. The van der Waals surface area contributed by atoms with Crippen LogP contribution in [-0.4, -0.2) is 24.7 Å². The van der Waals surface area contributed by atoms with Crippen LogP contribution in [0.15, 0.2) is 36.5 Å². The molecule has 20 heavy (non-hydrogen) atoms. The Morgan fingerprint density at radius 3 is 2.75 bits per heavy atom. The average Bonchev–Trinajstić information content (AvgIpc) is 2.41. The molecule has 0 spiro atoms. The van der Waals surface area contributed by atoms with Crippen molar-refractivity contribution in [3.05, 3.63) is 36.5 Å². The van der Waals surface area contributed by atoms with Gasteiger partial charge in [0.1, 0.15) is 12.4 Å². The van der Waals surface area contributed by atoms with Crippen LogP contribution in [0.2, 0.25) is 0 Å². The van der Waals surface area contributed by atoms with Gasteiger partial charge in [-0.1, -0.05) is 39.0 Å². The fourth-order valence-electron chi connectivity index (χ4n) is 1.96. The minimum atomic E-state index is 0.385. The standard InChI is InChI=1S/C17H24N2O/c1-17(2,3)8-9-18-10-11-20-15-12-14-6-4-5-7-16(14)19-13-15/h4-7,12-13,18H,8-11H2,1-3H3. The van der Waals surface area contributed by atoms with Crippen LogP contribution in [0.1, 0.15) is 27.2 Å². The predicted octanol–water partition coefficient (Wildman–Crippen LogP) is 3.64. The van der Waals surface area contributed by atoms with Crippen molar-refractivity contribution in [3.8, 4) is 5.75 Å². The molecule has 0 aliphatic heterocycles. The Labute approximate surface area is 121 Å². The minimum Gasteiger partial charge on any atom is -0.491 e. The maximum absolute atomic E-state index is 5.72. The van der Waals surface area contributed by atoms with E-state index < -0.39 is 0 Å². The third kappa shape index (κ3) is 4.82. The summed E-state index contributed by atoms with van der Waals surface area (Å²) in [5, 5.41) is 4.52. The van der Waals surface area contributed by atoms with Crippen molar-refractivity contribution in [1.82, 2.24) is 10.3 Å². The van der Waals surface area contributed by atoms with E-state index >= 15 is 0 Å². The highest BCUT2D eigenvalue weighted by Gasteiger charge is 2.08. The van der Waals surface area contributed by atoms with Gasteiger partial charge in [0, 0.05) is 11.9 Å². The van der Waals surface area contributed by atoms with E-state index in [1.807, 2.05) is 24.3 Å². The van der Waals surface area contributed by atoms with E-state index in [1.165, 1.54) is 6.42 Å². The Kier molecular flexibility index (Phi) is 4.96. The molecule has 2 aromatic rings. The average molecular weight is 272 g/mol. The first-order valence-corrected chi connectivity index (χ1v) is 7.23. The third-order valence-corrected chi connectivity index (χ3v) is 3.16. The molecule has 1 aromatic carbocycles. The van der Waals surface area contributed by atoms with E-state index in [9.17, 15) is 0 Å². The lowest BCUT2D eigenvalue weighted by Gasteiger charge is -2.18. The van der Waals surface area contributed by atoms with Crippen LogP contribution in [0, 0.1) is 5.41 Å². The van der Waals surface area contributed by atoms with E-state index in [-0.39, 0.29) is 0 Å². The summed E-state index contributed by atoms with van der Waals surface area (Å²) in [6.07, 6.45) is 2.96. The molecule has 1 N–H and O–H groups in total. The number of benzene rings is 1. The second-order valence-corrected chi connectivity index (χ2v) is 6.27. The first kappa shape index (κ1) is 14.8. The van der Waals surface area contributed by atoms with E-state index in [0.29, 0.717) is 12.0 Å². The molecule has 0 saturated carbocycles. The summed E-state index contributed by atoms with van der Waals surface area (Å²) in [5.74, 6) is 0.835. The number of hydrogen-bond acceptors (Lipinski definition) is 3. The number of rotatable bonds is 6. The van der Waals surface area contributed by atoms with Crippen molar-refractivity contribution in [2.45, 2.75) is 27.2 Å². The summed E-state index contributed by atoms with van der Waals surface area (Å²) in [4.78, 5) is 4.38.